The number of halogens is 1. The van der Waals surface area contributed by atoms with E-state index in [0.29, 0.717) is 23.1 Å². The lowest BCUT2D eigenvalue weighted by molar-refractivity contribution is 0.0700. The van der Waals surface area contributed by atoms with Gasteiger partial charge in [0.2, 0.25) is 0 Å². The van der Waals surface area contributed by atoms with Crippen molar-refractivity contribution < 1.29 is 4.79 Å². The highest BCUT2D eigenvalue weighted by Crippen LogP contribution is 2.17. The molecular formula is C13H20ClN3O. The zero-order chi connectivity index (χ0) is 13.7. The molecule has 0 spiro atoms. The molecule has 100 valence electrons. The zero-order valence-corrected chi connectivity index (χ0v) is 12.1. The lowest BCUT2D eigenvalue weighted by Crippen LogP contribution is -2.38. The van der Waals surface area contributed by atoms with Crippen molar-refractivity contribution in [1.29, 1.82) is 0 Å². The summed E-state index contributed by atoms with van der Waals surface area (Å²) in [5.41, 5.74) is 0.571. The number of anilines is 1. The maximum absolute atomic E-state index is 12.4. The minimum atomic E-state index is -0.00681. The molecule has 1 amide bonds. The summed E-state index contributed by atoms with van der Waals surface area (Å²) < 4.78 is 0. The van der Waals surface area contributed by atoms with Gasteiger partial charge >= 0.3 is 0 Å². The van der Waals surface area contributed by atoms with Crippen molar-refractivity contribution in [2.75, 3.05) is 18.9 Å². The molecule has 0 bridgehead atoms. The van der Waals surface area contributed by atoms with Gasteiger partial charge in [-0.15, -0.1) is 0 Å². The van der Waals surface area contributed by atoms with Crippen LogP contribution >= 0.6 is 11.6 Å². The largest absolute Gasteiger partial charge is 0.373 e. The second-order valence-corrected chi connectivity index (χ2v) is 4.55. The van der Waals surface area contributed by atoms with Gasteiger partial charge in [-0.2, -0.15) is 0 Å². The van der Waals surface area contributed by atoms with E-state index in [4.69, 9.17) is 11.6 Å². The van der Waals surface area contributed by atoms with Crippen molar-refractivity contribution >= 4 is 23.3 Å². The van der Waals surface area contributed by atoms with Crippen LogP contribution in [0.2, 0.25) is 5.15 Å². The van der Waals surface area contributed by atoms with Crippen LogP contribution in [0.4, 0.5) is 5.82 Å². The first-order valence-electron chi connectivity index (χ1n) is 6.19. The summed E-state index contributed by atoms with van der Waals surface area (Å²) in [4.78, 5) is 18.3. The van der Waals surface area contributed by atoms with Crippen LogP contribution < -0.4 is 5.32 Å². The van der Waals surface area contributed by atoms with Crippen LogP contribution in [0.15, 0.2) is 12.1 Å². The maximum Gasteiger partial charge on any atom is 0.254 e. The minimum absolute atomic E-state index is 0.00681. The molecule has 1 N–H and O–H groups in total. The number of pyridine rings is 1. The second-order valence-electron chi connectivity index (χ2n) is 4.16. The van der Waals surface area contributed by atoms with E-state index in [1.54, 1.807) is 19.2 Å². The molecule has 1 rings (SSSR count). The van der Waals surface area contributed by atoms with Gasteiger partial charge in [0.25, 0.3) is 5.91 Å². The van der Waals surface area contributed by atoms with Crippen molar-refractivity contribution in [3.8, 4) is 0 Å². The average Bonchev–Trinajstić information content (AvgIpc) is 2.38. The van der Waals surface area contributed by atoms with Crippen molar-refractivity contribution in [2.24, 2.45) is 0 Å². The van der Waals surface area contributed by atoms with Crippen molar-refractivity contribution in [3.63, 3.8) is 0 Å². The number of nitrogens with one attached hydrogen (secondary N) is 1. The Morgan fingerprint density at radius 2 is 2.17 bits per heavy atom. The quantitative estimate of drug-likeness (QED) is 0.836. The SMILES string of the molecule is CCC(C)N(CC)C(=O)c1cc(Cl)nc(NC)c1. The Hall–Kier alpha value is -1.29. The third-order valence-electron chi connectivity index (χ3n) is 3.02. The van der Waals surface area contributed by atoms with Crippen LogP contribution in [0.25, 0.3) is 0 Å². The van der Waals surface area contributed by atoms with Gasteiger partial charge in [-0.05, 0) is 32.4 Å². The van der Waals surface area contributed by atoms with Gasteiger partial charge in [0.1, 0.15) is 11.0 Å². The van der Waals surface area contributed by atoms with Gasteiger partial charge in [0.15, 0.2) is 0 Å². The predicted octanol–water partition coefficient (Wildman–Crippen LogP) is 3.04. The summed E-state index contributed by atoms with van der Waals surface area (Å²) in [5, 5.41) is 3.22. The first-order chi connectivity index (χ1) is 8.53. The van der Waals surface area contributed by atoms with E-state index < -0.39 is 0 Å². The van der Waals surface area contributed by atoms with Gasteiger partial charge in [0.05, 0.1) is 0 Å². The van der Waals surface area contributed by atoms with E-state index in [2.05, 4.69) is 17.2 Å². The summed E-state index contributed by atoms with van der Waals surface area (Å²) in [5.74, 6) is 0.596. The number of rotatable bonds is 5. The molecule has 0 saturated heterocycles. The van der Waals surface area contributed by atoms with Crippen LogP contribution in [0.1, 0.15) is 37.6 Å². The van der Waals surface area contributed by atoms with E-state index in [1.165, 1.54) is 0 Å². The predicted molar refractivity (Wildman–Crippen MR) is 75.3 cm³/mol. The number of hydrogen-bond acceptors (Lipinski definition) is 3. The number of hydrogen-bond donors (Lipinski definition) is 1. The Kier molecular flexibility index (Phi) is 5.41. The highest BCUT2D eigenvalue weighted by Gasteiger charge is 2.19. The normalized spacial score (nSPS) is 12.1. The Morgan fingerprint density at radius 3 is 2.67 bits per heavy atom. The maximum atomic E-state index is 12.4. The standard InChI is InChI=1S/C13H20ClN3O/c1-5-9(3)17(6-2)13(18)10-7-11(14)16-12(8-10)15-4/h7-9H,5-6H2,1-4H3,(H,15,16). The first-order valence-corrected chi connectivity index (χ1v) is 6.57. The zero-order valence-electron chi connectivity index (χ0n) is 11.3. The summed E-state index contributed by atoms with van der Waals surface area (Å²) in [6.07, 6.45) is 0.928. The highest BCUT2D eigenvalue weighted by atomic mass is 35.5. The molecule has 0 aliphatic carbocycles. The molecule has 5 heteroatoms. The number of nitrogens with zero attached hydrogens (tertiary/aromatic N) is 2. The molecule has 0 aliphatic heterocycles. The molecule has 0 fully saturated rings. The number of amides is 1. The fourth-order valence-corrected chi connectivity index (χ4v) is 2.00. The van der Waals surface area contributed by atoms with Crippen LogP contribution in [0, 0.1) is 0 Å². The third kappa shape index (κ3) is 3.35. The molecule has 1 aromatic heterocycles. The minimum Gasteiger partial charge on any atom is -0.373 e. The van der Waals surface area contributed by atoms with Crippen molar-refractivity contribution in [3.05, 3.63) is 22.8 Å². The van der Waals surface area contributed by atoms with E-state index in [0.717, 1.165) is 6.42 Å². The summed E-state index contributed by atoms with van der Waals surface area (Å²) in [6.45, 7) is 6.77. The molecule has 18 heavy (non-hydrogen) atoms. The average molecular weight is 270 g/mol. The third-order valence-corrected chi connectivity index (χ3v) is 3.22. The van der Waals surface area contributed by atoms with E-state index in [-0.39, 0.29) is 11.9 Å². The van der Waals surface area contributed by atoms with E-state index in [1.807, 2.05) is 18.7 Å². The monoisotopic (exact) mass is 269 g/mol. The fourth-order valence-electron chi connectivity index (χ4n) is 1.79. The molecule has 0 aliphatic rings. The van der Waals surface area contributed by atoms with Gasteiger partial charge < -0.3 is 10.2 Å². The van der Waals surface area contributed by atoms with E-state index >= 15 is 0 Å². The lowest BCUT2D eigenvalue weighted by Gasteiger charge is -2.27. The summed E-state index contributed by atoms with van der Waals surface area (Å²) in [6, 6.07) is 3.54. The smallest absolute Gasteiger partial charge is 0.254 e. The van der Waals surface area contributed by atoms with Gasteiger partial charge in [-0.25, -0.2) is 4.98 Å². The molecule has 0 aromatic carbocycles. The Balaban J connectivity index is 3.05. The van der Waals surface area contributed by atoms with Crippen LogP contribution in [0.5, 0.6) is 0 Å². The van der Waals surface area contributed by atoms with E-state index in [9.17, 15) is 4.79 Å². The van der Waals surface area contributed by atoms with Crippen LogP contribution in [-0.2, 0) is 0 Å². The first kappa shape index (κ1) is 14.8. The summed E-state index contributed by atoms with van der Waals surface area (Å²) >= 11 is 5.91. The fraction of sp³-hybridized carbons (Fsp3) is 0.538. The number of carbonyl (C=O) groups is 1. The van der Waals surface area contributed by atoms with Crippen LogP contribution in [0.3, 0.4) is 0 Å². The highest BCUT2D eigenvalue weighted by molar-refractivity contribution is 6.29. The molecule has 1 unspecified atom stereocenters. The molecule has 1 aromatic rings. The number of carbonyl (C=O) groups excluding carboxylic acids is 1. The topological polar surface area (TPSA) is 45.2 Å². The van der Waals surface area contributed by atoms with Crippen molar-refractivity contribution in [2.45, 2.75) is 33.2 Å². The Bertz CT molecular complexity index is 423. The Labute approximate surface area is 113 Å². The molecule has 0 saturated carbocycles. The second kappa shape index (κ2) is 6.59. The lowest BCUT2D eigenvalue weighted by atomic mass is 10.1. The Morgan fingerprint density at radius 1 is 1.50 bits per heavy atom. The number of aromatic nitrogens is 1. The van der Waals surface area contributed by atoms with Gasteiger partial charge in [0, 0.05) is 25.2 Å². The molecule has 4 nitrogen and oxygen atoms in total. The molecule has 1 heterocycles. The molecule has 1 atom stereocenters. The van der Waals surface area contributed by atoms with Crippen molar-refractivity contribution in [1.82, 2.24) is 9.88 Å². The van der Waals surface area contributed by atoms with Crippen LogP contribution in [-0.4, -0.2) is 35.4 Å². The van der Waals surface area contributed by atoms with Gasteiger partial charge in [-0.1, -0.05) is 18.5 Å². The summed E-state index contributed by atoms with van der Waals surface area (Å²) in [7, 11) is 1.75. The van der Waals surface area contributed by atoms with Gasteiger partial charge in [-0.3, -0.25) is 4.79 Å². The molecular weight excluding hydrogens is 250 g/mol. The molecule has 0 radical (unpaired) electrons.